The number of benzene rings is 1. The molecule has 3 rings (SSSR count). The molecule has 1 N–H and O–H groups in total. The van der Waals surface area contributed by atoms with E-state index in [0.29, 0.717) is 0 Å². The van der Waals surface area contributed by atoms with Gasteiger partial charge >= 0.3 is 0 Å². The Bertz CT molecular complexity index is 625. The molecule has 0 atom stereocenters. The number of imidazole rings is 1. The van der Waals surface area contributed by atoms with Gasteiger partial charge in [0.1, 0.15) is 5.82 Å². The zero-order valence-corrected chi connectivity index (χ0v) is 12.7. The fourth-order valence-electron chi connectivity index (χ4n) is 3.01. The van der Waals surface area contributed by atoms with Crippen LogP contribution in [0.25, 0.3) is 11.3 Å². The molecule has 20 heavy (non-hydrogen) atoms. The molecule has 2 aromatic rings. The van der Waals surface area contributed by atoms with Crippen molar-refractivity contribution in [2.24, 2.45) is 0 Å². The molecule has 1 aliphatic rings. The minimum absolute atomic E-state index is 0.989. The van der Waals surface area contributed by atoms with Crippen molar-refractivity contribution in [2.45, 2.75) is 39.7 Å². The molecule has 1 aromatic heterocycles. The SMILES string of the molecule is CNCCc1nc(-c2ccc(C)c(C)c2)c2n1CCC2. The first-order valence-corrected chi connectivity index (χ1v) is 7.51. The third-order valence-electron chi connectivity index (χ3n) is 4.33. The van der Waals surface area contributed by atoms with E-state index in [4.69, 9.17) is 4.98 Å². The minimum Gasteiger partial charge on any atom is -0.331 e. The zero-order chi connectivity index (χ0) is 14.1. The van der Waals surface area contributed by atoms with Crippen LogP contribution >= 0.6 is 0 Å². The van der Waals surface area contributed by atoms with Gasteiger partial charge in [-0.15, -0.1) is 0 Å². The molecule has 0 saturated carbocycles. The molecule has 0 aliphatic carbocycles. The van der Waals surface area contributed by atoms with Crippen molar-refractivity contribution in [3.05, 3.63) is 40.8 Å². The van der Waals surface area contributed by atoms with Gasteiger partial charge in [-0.1, -0.05) is 12.1 Å². The quantitative estimate of drug-likeness (QED) is 0.925. The van der Waals surface area contributed by atoms with E-state index in [0.717, 1.165) is 25.9 Å². The number of nitrogens with one attached hydrogen (secondary N) is 1. The van der Waals surface area contributed by atoms with Gasteiger partial charge in [-0.05, 0) is 50.9 Å². The van der Waals surface area contributed by atoms with Crippen LogP contribution in [0, 0.1) is 13.8 Å². The fourth-order valence-corrected chi connectivity index (χ4v) is 3.01. The number of hydrogen-bond acceptors (Lipinski definition) is 2. The predicted octanol–water partition coefficient (Wildman–Crippen LogP) is 2.88. The summed E-state index contributed by atoms with van der Waals surface area (Å²) in [6.07, 6.45) is 3.42. The summed E-state index contributed by atoms with van der Waals surface area (Å²) in [6, 6.07) is 6.70. The third-order valence-corrected chi connectivity index (χ3v) is 4.33. The van der Waals surface area contributed by atoms with Gasteiger partial charge in [-0.3, -0.25) is 0 Å². The van der Waals surface area contributed by atoms with Gasteiger partial charge in [0.25, 0.3) is 0 Å². The second-order valence-electron chi connectivity index (χ2n) is 5.73. The molecule has 106 valence electrons. The second-order valence-corrected chi connectivity index (χ2v) is 5.73. The predicted molar refractivity (Wildman–Crippen MR) is 83.1 cm³/mol. The summed E-state index contributed by atoms with van der Waals surface area (Å²) in [5.41, 5.74) is 6.60. The van der Waals surface area contributed by atoms with E-state index in [9.17, 15) is 0 Å². The maximum atomic E-state index is 4.93. The monoisotopic (exact) mass is 269 g/mol. The van der Waals surface area contributed by atoms with E-state index in [1.165, 1.54) is 40.3 Å². The first-order chi connectivity index (χ1) is 9.70. The van der Waals surface area contributed by atoms with E-state index in [2.05, 4.69) is 41.9 Å². The van der Waals surface area contributed by atoms with Gasteiger partial charge < -0.3 is 9.88 Å². The van der Waals surface area contributed by atoms with Gasteiger partial charge in [0, 0.05) is 30.8 Å². The van der Waals surface area contributed by atoms with Crippen molar-refractivity contribution in [3.63, 3.8) is 0 Å². The molecule has 0 spiro atoms. The van der Waals surface area contributed by atoms with Crippen molar-refractivity contribution >= 4 is 0 Å². The first-order valence-electron chi connectivity index (χ1n) is 7.51. The van der Waals surface area contributed by atoms with Crippen molar-refractivity contribution in [1.82, 2.24) is 14.9 Å². The Kier molecular flexibility index (Phi) is 3.62. The molecular formula is C17H23N3. The zero-order valence-electron chi connectivity index (χ0n) is 12.7. The van der Waals surface area contributed by atoms with Gasteiger partial charge in [-0.25, -0.2) is 4.98 Å². The van der Waals surface area contributed by atoms with Gasteiger partial charge in [-0.2, -0.15) is 0 Å². The summed E-state index contributed by atoms with van der Waals surface area (Å²) >= 11 is 0. The lowest BCUT2D eigenvalue weighted by Gasteiger charge is -2.04. The molecule has 0 amide bonds. The number of hydrogen-bond donors (Lipinski definition) is 1. The van der Waals surface area contributed by atoms with Crippen LogP contribution in [0.3, 0.4) is 0 Å². The van der Waals surface area contributed by atoms with Gasteiger partial charge in [0.2, 0.25) is 0 Å². The van der Waals surface area contributed by atoms with E-state index in [1.54, 1.807) is 0 Å². The van der Waals surface area contributed by atoms with E-state index < -0.39 is 0 Å². The molecule has 1 aliphatic heterocycles. The lowest BCUT2D eigenvalue weighted by molar-refractivity contribution is 0.663. The molecular weight excluding hydrogens is 246 g/mol. The smallest absolute Gasteiger partial charge is 0.110 e. The Hall–Kier alpha value is -1.61. The van der Waals surface area contributed by atoms with Crippen LogP contribution in [0.5, 0.6) is 0 Å². The Balaban J connectivity index is 2.03. The van der Waals surface area contributed by atoms with Crippen molar-refractivity contribution in [3.8, 4) is 11.3 Å². The summed E-state index contributed by atoms with van der Waals surface area (Å²) in [4.78, 5) is 4.93. The average Bonchev–Trinajstić information content (AvgIpc) is 3.02. The lowest BCUT2D eigenvalue weighted by atomic mass is 10.0. The molecule has 0 saturated heterocycles. The summed E-state index contributed by atoms with van der Waals surface area (Å²) in [5.74, 6) is 1.24. The third kappa shape index (κ3) is 2.27. The van der Waals surface area contributed by atoms with Crippen LogP contribution in [0.15, 0.2) is 18.2 Å². The fraction of sp³-hybridized carbons (Fsp3) is 0.471. The van der Waals surface area contributed by atoms with Gasteiger partial charge in [0.15, 0.2) is 0 Å². The summed E-state index contributed by atoms with van der Waals surface area (Å²) < 4.78 is 2.43. The second kappa shape index (κ2) is 5.41. The van der Waals surface area contributed by atoms with E-state index >= 15 is 0 Å². The molecule has 2 heterocycles. The molecule has 0 fully saturated rings. The van der Waals surface area contributed by atoms with E-state index in [1.807, 2.05) is 7.05 Å². The maximum Gasteiger partial charge on any atom is 0.110 e. The molecule has 0 unspecified atom stereocenters. The number of fused-ring (bicyclic) bond motifs is 1. The maximum absolute atomic E-state index is 4.93. The Morgan fingerprint density at radius 3 is 2.85 bits per heavy atom. The minimum atomic E-state index is 0.989. The number of likely N-dealkylation sites (N-methyl/N-ethyl adjacent to an activating group) is 1. The summed E-state index contributed by atoms with van der Waals surface area (Å²) in [5, 5.41) is 3.22. The van der Waals surface area contributed by atoms with Crippen LogP contribution < -0.4 is 5.32 Å². The highest BCUT2D eigenvalue weighted by Gasteiger charge is 2.22. The normalized spacial score (nSPS) is 13.8. The summed E-state index contributed by atoms with van der Waals surface area (Å²) in [6.45, 7) is 6.46. The number of aryl methyl sites for hydroxylation is 2. The van der Waals surface area contributed by atoms with Crippen LogP contribution in [0.2, 0.25) is 0 Å². The molecule has 0 radical (unpaired) electrons. The van der Waals surface area contributed by atoms with Crippen LogP contribution in [0.4, 0.5) is 0 Å². The van der Waals surface area contributed by atoms with Crippen LogP contribution in [-0.4, -0.2) is 23.1 Å². The topological polar surface area (TPSA) is 29.9 Å². The Morgan fingerprint density at radius 2 is 2.10 bits per heavy atom. The van der Waals surface area contributed by atoms with Crippen LogP contribution in [0.1, 0.15) is 29.1 Å². The highest BCUT2D eigenvalue weighted by Crippen LogP contribution is 2.30. The Labute approximate surface area is 121 Å². The van der Waals surface area contributed by atoms with Crippen molar-refractivity contribution in [1.29, 1.82) is 0 Å². The molecule has 3 nitrogen and oxygen atoms in total. The van der Waals surface area contributed by atoms with E-state index in [-0.39, 0.29) is 0 Å². The highest BCUT2D eigenvalue weighted by atomic mass is 15.1. The van der Waals surface area contributed by atoms with Crippen LogP contribution in [-0.2, 0) is 19.4 Å². The standard InChI is InChI=1S/C17H23N3/c1-12-6-7-14(11-13(12)2)17-15-5-4-10-20(15)16(19-17)8-9-18-3/h6-7,11,18H,4-5,8-10H2,1-3H3. The molecule has 1 aromatic carbocycles. The Morgan fingerprint density at radius 1 is 1.25 bits per heavy atom. The molecule has 3 heteroatoms. The highest BCUT2D eigenvalue weighted by molar-refractivity contribution is 5.64. The summed E-state index contributed by atoms with van der Waals surface area (Å²) in [7, 11) is 2.00. The lowest BCUT2D eigenvalue weighted by Crippen LogP contribution is -2.13. The van der Waals surface area contributed by atoms with Gasteiger partial charge in [0.05, 0.1) is 5.69 Å². The number of rotatable bonds is 4. The van der Waals surface area contributed by atoms with Crippen molar-refractivity contribution < 1.29 is 0 Å². The molecule has 0 bridgehead atoms. The number of nitrogens with zero attached hydrogens (tertiary/aromatic N) is 2. The first kappa shape index (κ1) is 13.4. The average molecular weight is 269 g/mol. The largest absolute Gasteiger partial charge is 0.331 e. The van der Waals surface area contributed by atoms with Crippen molar-refractivity contribution in [2.75, 3.05) is 13.6 Å². The number of aromatic nitrogens is 2.